The van der Waals surface area contributed by atoms with Gasteiger partial charge < -0.3 is 9.72 Å². The zero-order chi connectivity index (χ0) is 13.1. The molecule has 1 aromatic heterocycles. The van der Waals surface area contributed by atoms with Crippen molar-refractivity contribution < 1.29 is 4.74 Å². The summed E-state index contributed by atoms with van der Waals surface area (Å²) < 4.78 is 6.22. The number of H-pyrrole nitrogens is 1. The summed E-state index contributed by atoms with van der Waals surface area (Å²) in [5, 5.41) is 9.10. The highest BCUT2D eigenvalue weighted by molar-refractivity contribution is 7.71. The lowest BCUT2D eigenvalue weighted by molar-refractivity contribution is 0.472. The van der Waals surface area contributed by atoms with Gasteiger partial charge in [0, 0.05) is 6.20 Å². The summed E-state index contributed by atoms with van der Waals surface area (Å²) in [4.78, 5) is 2.82. The summed E-state index contributed by atoms with van der Waals surface area (Å²) in [5.74, 6) is 1.26. The molecule has 0 bridgehead atoms. The average molecular weight is 256 g/mol. The van der Waals surface area contributed by atoms with Gasteiger partial charge in [0.1, 0.15) is 27.8 Å². The van der Waals surface area contributed by atoms with E-state index in [1.807, 2.05) is 32.0 Å². The molecule has 0 radical (unpaired) electrons. The number of para-hydroxylation sites is 1. The Labute approximate surface area is 111 Å². The van der Waals surface area contributed by atoms with Gasteiger partial charge in [-0.25, -0.2) is 0 Å². The first kappa shape index (κ1) is 12.3. The zero-order valence-corrected chi connectivity index (χ0v) is 11.0. The van der Waals surface area contributed by atoms with E-state index >= 15 is 0 Å². The van der Waals surface area contributed by atoms with E-state index < -0.39 is 0 Å². The molecule has 0 unspecified atom stereocenters. The highest BCUT2D eigenvalue weighted by atomic mass is 32.1. The van der Waals surface area contributed by atoms with Crippen LogP contribution < -0.4 is 4.74 Å². The smallest absolute Gasteiger partial charge is 0.149 e. The molecule has 90 valence electrons. The first-order valence-electron chi connectivity index (χ1n) is 5.49. The minimum absolute atomic E-state index is 0.357. The first-order chi connectivity index (χ1) is 8.63. The standard InChI is InChI=1S/C14H12N2OS/c1-9-4-3-5-10(2)13(9)17-12-6-7-16-14(18)11(12)8-15/h3-7H,1-2H3,(H,16,18). The topological polar surface area (TPSA) is 48.8 Å². The molecular weight excluding hydrogens is 244 g/mol. The van der Waals surface area contributed by atoms with E-state index in [-0.39, 0.29) is 0 Å². The first-order valence-corrected chi connectivity index (χ1v) is 5.90. The fourth-order valence-corrected chi connectivity index (χ4v) is 1.94. The van der Waals surface area contributed by atoms with Crippen LogP contribution in [0.2, 0.25) is 0 Å². The molecule has 1 N–H and O–H groups in total. The van der Waals surface area contributed by atoms with E-state index in [2.05, 4.69) is 11.1 Å². The van der Waals surface area contributed by atoms with Crippen LogP contribution in [-0.2, 0) is 0 Å². The second kappa shape index (κ2) is 5.03. The van der Waals surface area contributed by atoms with Gasteiger partial charge in [-0.3, -0.25) is 0 Å². The van der Waals surface area contributed by atoms with E-state index in [0.717, 1.165) is 16.9 Å². The molecule has 0 amide bonds. The number of hydrogen-bond acceptors (Lipinski definition) is 3. The third kappa shape index (κ3) is 2.27. The van der Waals surface area contributed by atoms with Crippen LogP contribution in [0, 0.1) is 29.8 Å². The Kier molecular flexibility index (Phi) is 3.45. The maximum Gasteiger partial charge on any atom is 0.149 e. The molecule has 0 fully saturated rings. The maximum atomic E-state index is 9.10. The fourth-order valence-electron chi connectivity index (χ4n) is 1.72. The lowest BCUT2D eigenvalue weighted by Crippen LogP contribution is -1.94. The third-order valence-corrected chi connectivity index (χ3v) is 2.98. The number of nitrogens with zero attached hydrogens (tertiary/aromatic N) is 1. The van der Waals surface area contributed by atoms with E-state index in [1.54, 1.807) is 12.3 Å². The zero-order valence-electron chi connectivity index (χ0n) is 10.2. The van der Waals surface area contributed by atoms with Crippen LogP contribution in [0.15, 0.2) is 30.5 Å². The largest absolute Gasteiger partial charge is 0.455 e. The molecule has 4 heteroatoms. The highest BCUT2D eigenvalue weighted by Crippen LogP contribution is 2.30. The summed E-state index contributed by atoms with van der Waals surface area (Å²) in [6, 6.07) is 9.68. The summed E-state index contributed by atoms with van der Waals surface area (Å²) in [7, 11) is 0. The van der Waals surface area contributed by atoms with Crippen molar-refractivity contribution in [2.45, 2.75) is 13.8 Å². The molecule has 0 aliphatic carbocycles. The number of nitriles is 1. The molecule has 0 saturated heterocycles. The minimum Gasteiger partial charge on any atom is -0.455 e. The molecule has 0 atom stereocenters. The predicted molar refractivity (Wildman–Crippen MR) is 72.3 cm³/mol. The number of rotatable bonds is 2. The van der Waals surface area contributed by atoms with Gasteiger partial charge in [-0.2, -0.15) is 5.26 Å². The van der Waals surface area contributed by atoms with Gasteiger partial charge in [-0.05, 0) is 31.0 Å². The number of aryl methyl sites for hydroxylation is 2. The van der Waals surface area contributed by atoms with Gasteiger partial charge >= 0.3 is 0 Å². The molecule has 3 nitrogen and oxygen atoms in total. The van der Waals surface area contributed by atoms with Crippen LogP contribution >= 0.6 is 12.2 Å². The quantitative estimate of drug-likeness (QED) is 0.825. The molecule has 0 saturated carbocycles. The van der Waals surface area contributed by atoms with Crippen molar-refractivity contribution in [1.29, 1.82) is 5.26 Å². The number of ether oxygens (including phenoxy) is 1. The van der Waals surface area contributed by atoms with Gasteiger partial charge in [-0.1, -0.05) is 30.4 Å². The Bertz CT molecular complexity index is 663. The van der Waals surface area contributed by atoms with Crippen molar-refractivity contribution in [3.63, 3.8) is 0 Å². The van der Waals surface area contributed by atoms with Crippen molar-refractivity contribution >= 4 is 12.2 Å². The van der Waals surface area contributed by atoms with Crippen molar-refractivity contribution in [2.75, 3.05) is 0 Å². The van der Waals surface area contributed by atoms with Gasteiger partial charge in [0.2, 0.25) is 0 Å². The molecule has 0 aliphatic heterocycles. The van der Waals surface area contributed by atoms with E-state index in [9.17, 15) is 0 Å². The van der Waals surface area contributed by atoms with Crippen LogP contribution in [-0.4, -0.2) is 4.98 Å². The van der Waals surface area contributed by atoms with Gasteiger partial charge in [0.05, 0.1) is 0 Å². The monoisotopic (exact) mass is 256 g/mol. The highest BCUT2D eigenvalue weighted by Gasteiger charge is 2.09. The Morgan fingerprint density at radius 2 is 1.89 bits per heavy atom. The van der Waals surface area contributed by atoms with Gasteiger partial charge in [0.25, 0.3) is 0 Å². The molecule has 0 aliphatic rings. The van der Waals surface area contributed by atoms with Crippen molar-refractivity contribution in [3.8, 4) is 17.6 Å². The van der Waals surface area contributed by atoms with E-state index in [1.165, 1.54) is 0 Å². The van der Waals surface area contributed by atoms with Crippen LogP contribution in [0.4, 0.5) is 0 Å². The molecule has 1 aromatic carbocycles. The van der Waals surface area contributed by atoms with Crippen LogP contribution in [0.1, 0.15) is 16.7 Å². The number of aromatic amines is 1. The van der Waals surface area contributed by atoms with Crippen molar-refractivity contribution in [2.24, 2.45) is 0 Å². The number of nitrogens with one attached hydrogen (secondary N) is 1. The Morgan fingerprint density at radius 1 is 1.22 bits per heavy atom. The lowest BCUT2D eigenvalue weighted by Gasteiger charge is -2.12. The molecule has 2 aromatic rings. The fraction of sp³-hybridized carbons (Fsp3) is 0.143. The van der Waals surface area contributed by atoms with Gasteiger partial charge in [0.15, 0.2) is 0 Å². The number of aromatic nitrogens is 1. The summed E-state index contributed by atoms with van der Waals surface area (Å²) in [6.45, 7) is 3.94. The summed E-state index contributed by atoms with van der Waals surface area (Å²) in [5.41, 5.74) is 2.41. The lowest BCUT2D eigenvalue weighted by atomic mass is 10.1. The van der Waals surface area contributed by atoms with E-state index in [0.29, 0.717) is 16.0 Å². The summed E-state index contributed by atoms with van der Waals surface area (Å²) >= 11 is 5.06. The molecule has 2 rings (SSSR count). The SMILES string of the molecule is Cc1cccc(C)c1Oc1cc[nH]c(=S)c1C#N. The van der Waals surface area contributed by atoms with Crippen molar-refractivity contribution in [1.82, 2.24) is 4.98 Å². The Hall–Kier alpha value is -2.12. The average Bonchev–Trinajstić information content (AvgIpc) is 2.34. The van der Waals surface area contributed by atoms with Gasteiger partial charge in [-0.15, -0.1) is 0 Å². The third-order valence-electron chi connectivity index (χ3n) is 2.66. The second-order valence-electron chi connectivity index (χ2n) is 3.98. The number of pyridine rings is 1. The molecule has 0 spiro atoms. The van der Waals surface area contributed by atoms with Crippen molar-refractivity contribution in [3.05, 3.63) is 51.8 Å². The Morgan fingerprint density at radius 3 is 2.50 bits per heavy atom. The molecular formula is C14H12N2OS. The molecule has 1 heterocycles. The second-order valence-corrected chi connectivity index (χ2v) is 4.39. The Balaban J connectivity index is 2.51. The molecule has 18 heavy (non-hydrogen) atoms. The van der Waals surface area contributed by atoms with Crippen LogP contribution in [0.5, 0.6) is 11.5 Å². The number of hydrogen-bond donors (Lipinski definition) is 1. The van der Waals surface area contributed by atoms with Crippen LogP contribution in [0.3, 0.4) is 0 Å². The number of benzene rings is 1. The van der Waals surface area contributed by atoms with Crippen LogP contribution in [0.25, 0.3) is 0 Å². The minimum atomic E-state index is 0.357. The van der Waals surface area contributed by atoms with E-state index in [4.69, 9.17) is 22.2 Å². The maximum absolute atomic E-state index is 9.10. The normalized spacial score (nSPS) is 9.83. The summed E-state index contributed by atoms with van der Waals surface area (Å²) in [6.07, 6.45) is 1.67. The predicted octanol–water partition coefficient (Wildman–Crippen LogP) is 4.03.